The molecule has 47 heavy (non-hydrogen) atoms. The zero-order valence-corrected chi connectivity index (χ0v) is 28.0. The van der Waals surface area contributed by atoms with E-state index < -0.39 is 6.03 Å². The number of morpholine rings is 1. The van der Waals surface area contributed by atoms with Crippen molar-refractivity contribution in [1.82, 2.24) is 14.9 Å². The topological polar surface area (TPSA) is 133 Å². The van der Waals surface area contributed by atoms with Crippen molar-refractivity contribution in [3.8, 4) is 11.5 Å². The molecule has 0 unspecified atom stereocenters. The third-order valence-electron chi connectivity index (χ3n) is 8.21. The van der Waals surface area contributed by atoms with Crippen molar-refractivity contribution in [2.75, 3.05) is 86.4 Å². The van der Waals surface area contributed by atoms with Crippen LogP contribution in [0.3, 0.4) is 0 Å². The number of carbonyl (C=O) groups excluding carboxylic acids is 2. The summed E-state index contributed by atoms with van der Waals surface area (Å²) in [6.07, 6.45) is 4.66. The van der Waals surface area contributed by atoms with Crippen LogP contribution in [-0.4, -0.2) is 93.5 Å². The molecule has 13 nitrogen and oxygen atoms in total. The molecule has 3 aromatic rings. The Hall–Kier alpha value is -4.30. The molecule has 15 heteroatoms. The van der Waals surface area contributed by atoms with Crippen LogP contribution >= 0.6 is 23.2 Å². The molecular formula is C32H38Cl2N8O5. The maximum absolute atomic E-state index is 13.3. The first kappa shape index (κ1) is 34.0. The van der Waals surface area contributed by atoms with Crippen LogP contribution < -0.4 is 35.2 Å². The van der Waals surface area contributed by atoms with E-state index in [4.69, 9.17) is 37.4 Å². The van der Waals surface area contributed by atoms with Crippen LogP contribution in [0.4, 0.5) is 39.2 Å². The largest absolute Gasteiger partial charge is 0.495 e. The molecule has 3 N–H and O–H groups in total. The second-order valence-electron chi connectivity index (χ2n) is 10.9. The van der Waals surface area contributed by atoms with E-state index in [-0.39, 0.29) is 39.0 Å². The predicted molar refractivity (Wildman–Crippen MR) is 185 cm³/mol. The number of urea groups is 1. The molecule has 0 spiro atoms. The van der Waals surface area contributed by atoms with Gasteiger partial charge in [0.05, 0.1) is 44.5 Å². The molecule has 2 aliphatic rings. The minimum Gasteiger partial charge on any atom is -0.495 e. The van der Waals surface area contributed by atoms with Crippen molar-refractivity contribution in [3.63, 3.8) is 0 Å². The summed E-state index contributed by atoms with van der Waals surface area (Å²) >= 11 is 12.9. The zero-order chi connectivity index (χ0) is 33.5. The Morgan fingerprint density at radius 2 is 1.66 bits per heavy atom. The van der Waals surface area contributed by atoms with Gasteiger partial charge in [-0.25, -0.2) is 14.8 Å². The summed E-state index contributed by atoms with van der Waals surface area (Å²) in [6, 6.07) is 8.94. The first-order chi connectivity index (χ1) is 22.7. The highest BCUT2D eigenvalue weighted by molar-refractivity contribution is 6.41. The van der Waals surface area contributed by atoms with E-state index in [1.54, 1.807) is 6.07 Å². The molecule has 2 aromatic carbocycles. The number of ether oxygens (including phenoxy) is 3. The number of nitrogens with one attached hydrogen (secondary N) is 3. The van der Waals surface area contributed by atoms with E-state index in [2.05, 4.69) is 42.3 Å². The fourth-order valence-corrected chi connectivity index (χ4v) is 6.18. The van der Waals surface area contributed by atoms with Crippen LogP contribution in [0.5, 0.6) is 11.5 Å². The van der Waals surface area contributed by atoms with Crippen molar-refractivity contribution in [1.29, 1.82) is 0 Å². The Balaban J connectivity index is 1.31. The smallest absolute Gasteiger partial charge is 0.327 e. The predicted octanol–water partition coefficient (Wildman–Crippen LogP) is 5.64. The standard InChI is InChI=1S/C32H38Cl2N8O5/c1-5-28(43)38-23-16-21(41-10-8-20(9-11-41)42-12-14-47-15-13-42)6-7-22(23)37-26-18-27(36-19-35-26)40(2)32(44)39-31-29(33)24(45-3)17-25(46-4)30(31)34/h5-7,16-20H,1,8-15H2,2-4H3,(H,38,43)(H,39,44)(H,35,36,37). The molecule has 1 aromatic heterocycles. The first-order valence-electron chi connectivity index (χ1n) is 15.1. The Morgan fingerprint density at radius 3 is 2.30 bits per heavy atom. The van der Waals surface area contributed by atoms with E-state index in [0.29, 0.717) is 23.2 Å². The number of nitrogens with zero attached hydrogens (tertiary/aromatic N) is 5. The molecule has 0 bridgehead atoms. The minimum absolute atomic E-state index is 0.115. The molecule has 3 amide bonds. The van der Waals surface area contributed by atoms with E-state index in [0.717, 1.165) is 57.9 Å². The van der Waals surface area contributed by atoms with Gasteiger partial charge in [0.2, 0.25) is 5.91 Å². The SMILES string of the molecule is C=CC(=O)Nc1cc(N2CCC(N3CCOCC3)CC2)ccc1Nc1cc(N(C)C(=O)Nc2c(Cl)c(OC)cc(OC)c2Cl)ncn1. The van der Waals surface area contributed by atoms with Crippen molar-refractivity contribution in [3.05, 3.63) is 59.4 Å². The van der Waals surface area contributed by atoms with Crippen molar-refractivity contribution in [2.24, 2.45) is 0 Å². The fraction of sp³-hybridized carbons (Fsp3) is 0.375. The molecule has 2 aliphatic heterocycles. The van der Waals surface area contributed by atoms with Gasteiger partial charge >= 0.3 is 6.03 Å². The van der Waals surface area contributed by atoms with Gasteiger partial charge in [-0.05, 0) is 37.1 Å². The summed E-state index contributed by atoms with van der Waals surface area (Å²) in [5.41, 5.74) is 2.29. The Labute approximate surface area is 283 Å². The molecule has 250 valence electrons. The Kier molecular flexibility index (Phi) is 11.2. The van der Waals surface area contributed by atoms with Gasteiger partial charge in [0, 0.05) is 57.1 Å². The molecule has 2 fully saturated rings. The van der Waals surface area contributed by atoms with E-state index in [1.807, 2.05) is 18.2 Å². The summed E-state index contributed by atoms with van der Waals surface area (Å²) in [4.78, 5) is 40.4. The average molecular weight is 686 g/mol. The quantitative estimate of drug-likeness (QED) is 0.231. The summed E-state index contributed by atoms with van der Waals surface area (Å²) in [5.74, 6) is 0.882. The van der Waals surface area contributed by atoms with Gasteiger partial charge in [0.1, 0.15) is 39.5 Å². The maximum Gasteiger partial charge on any atom is 0.327 e. The lowest BCUT2D eigenvalue weighted by atomic mass is 10.0. The highest BCUT2D eigenvalue weighted by Crippen LogP contribution is 2.44. The number of piperidine rings is 1. The molecule has 5 rings (SSSR count). The lowest BCUT2D eigenvalue weighted by molar-refractivity contribution is -0.111. The van der Waals surface area contributed by atoms with E-state index >= 15 is 0 Å². The number of aromatic nitrogens is 2. The van der Waals surface area contributed by atoms with Gasteiger partial charge < -0.3 is 35.1 Å². The Morgan fingerprint density at radius 1 is 0.979 bits per heavy atom. The van der Waals surface area contributed by atoms with Gasteiger partial charge in [0.25, 0.3) is 0 Å². The van der Waals surface area contributed by atoms with Crippen molar-refractivity contribution < 1.29 is 23.8 Å². The van der Waals surface area contributed by atoms with E-state index in [9.17, 15) is 9.59 Å². The fourth-order valence-electron chi connectivity index (χ4n) is 5.58. The second-order valence-corrected chi connectivity index (χ2v) is 11.7. The zero-order valence-electron chi connectivity index (χ0n) is 26.5. The number of hydrogen-bond acceptors (Lipinski definition) is 10. The van der Waals surface area contributed by atoms with Gasteiger partial charge in [0.15, 0.2) is 0 Å². The van der Waals surface area contributed by atoms with Gasteiger partial charge in [-0.2, -0.15) is 0 Å². The number of halogens is 2. The third-order valence-corrected chi connectivity index (χ3v) is 8.96. The van der Waals surface area contributed by atoms with Crippen molar-refractivity contribution in [2.45, 2.75) is 18.9 Å². The monoisotopic (exact) mass is 684 g/mol. The second kappa shape index (κ2) is 15.5. The molecule has 2 saturated heterocycles. The molecule has 0 saturated carbocycles. The molecule has 3 heterocycles. The van der Waals surface area contributed by atoms with Crippen LogP contribution in [0, 0.1) is 0 Å². The van der Waals surface area contributed by atoms with Crippen LogP contribution in [0.2, 0.25) is 10.0 Å². The number of hydrogen-bond donors (Lipinski definition) is 3. The van der Waals surface area contributed by atoms with Gasteiger partial charge in [-0.3, -0.25) is 14.6 Å². The summed E-state index contributed by atoms with van der Waals surface area (Å²) in [7, 11) is 4.42. The lowest BCUT2D eigenvalue weighted by Gasteiger charge is -2.41. The van der Waals surface area contributed by atoms with Gasteiger partial charge in [-0.15, -0.1) is 0 Å². The highest BCUT2D eigenvalue weighted by atomic mass is 35.5. The normalized spacial score (nSPS) is 15.5. The minimum atomic E-state index is -0.575. The summed E-state index contributed by atoms with van der Waals surface area (Å²) in [5, 5.41) is 9.08. The maximum atomic E-state index is 13.3. The number of amides is 3. The average Bonchev–Trinajstić information content (AvgIpc) is 3.11. The number of carbonyl (C=O) groups is 2. The molecular weight excluding hydrogens is 647 g/mol. The van der Waals surface area contributed by atoms with Gasteiger partial charge in [-0.1, -0.05) is 29.8 Å². The summed E-state index contributed by atoms with van der Waals surface area (Å²) < 4.78 is 16.1. The van der Waals surface area contributed by atoms with Crippen LogP contribution in [0.25, 0.3) is 0 Å². The third kappa shape index (κ3) is 7.99. The van der Waals surface area contributed by atoms with Crippen molar-refractivity contribution >= 4 is 69.5 Å². The molecule has 0 aliphatic carbocycles. The summed E-state index contributed by atoms with van der Waals surface area (Å²) in [6.45, 7) is 8.96. The lowest BCUT2D eigenvalue weighted by Crippen LogP contribution is -2.49. The number of rotatable bonds is 10. The number of benzene rings is 2. The van der Waals surface area contributed by atoms with Crippen LogP contribution in [-0.2, 0) is 9.53 Å². The Bertz CT molecular complexity index is 1580. The first-order valence-corrected chi connectivity index (χ1v) is 15.9. The highest BCUT2D eigenvalue weighted by Gasteiger charge is 2.27. The molecule has 0 atom stereocenters. The van der Waals surface area contributed by atoms with E-state index in [1.165, 1.54) is 44.6 Å². The van der Waals surface area contributed by atoms with Crippen LogP contribution in [0.1, 0.15) is 12.8 Å². The molecule has 0 radical (unpaired) electrons. The van der Waals surface area contributed by atoms with Crippen LogP contribution in [0.15, 0.2) is 49.3 Å². The number of anilines is 6. The number of methoxy groups -OCH3 is 2.